The van der Waals surface area contributed by atoms with Gasteiger partial charge in [-0.1, -0.05) is 15.9 Å². The van der Waals surface area contributed by atoms with E-state index in [0.717, 1.165) is 6.20 Å². The van der Waals surface area contributed by atoms with Crippen LogP contribution in [-0.4, -0.2) is 47.3 Å². The molecule has 1 aromatic heterocycles. The standard InChI is InChI=1S/C8H11BrF3N3O2S/c1-6-13-4-7(14-6)18(16,17)15(3-2-9)5-8(10,11)12/h4H,2-3,5H2,1H3,(H,13,14). The second-order valence-corrected chi connectivity index (χ2v) is 6.17. The van der Waals surface area contributed by atoms with E-state index in [9.17, 15) is 21.6 Å². The third-order valence-corrected chi connectivity index (χ3v) is 4.10. The number of sulfonamides is 1. The fourth-order valence-electron chi connectivity index (χ4n) is 1.25. The topological polar surface area (TPSA) is 66.1 Å². The van der Waals surface area contributed by atoms with Crippen molar-refractivity contribution in [1.82, 2.24) is 14.3 Å². The molecule has 1 rings (SSSR count). The summed E-state index contributed by atoms with van der Waals surface area (Å²) < 4.78 is 61.2. The van der Waals surface area contributed by atoms with Crippen LogP contribution in [0.15, 0.2) is 11.2 Å². The molecule has 0 bridgehead atoms. The summed E-state index contributed by atoms with van der Waals surface area (Å²) in [5, 5.41) is -0.236. The van der Waals surface area contributed by atoms with Crippen LogP contribution in [-0.2, 0) is 10.0 Å². The number of halogens is 4. The van der Waals surface area contributed by atoms with Crippen molar-refractivity contribution in [3.05, 3.63) is 12.0 Å². The van der Waals surface area contributed by atoms with Gasteiger partial charge >= 0.3 is 6.18 Å². The first-order chi connectivity index (χ1) is 8.16. The molecule has 1 heterocycles. The van der Waals surface area contributed by atoms with E-state index >= 15 is 0 Å². The predicted octanol–water partition coefficient (Wildman–Crippen LogP) is 1.67. The summed E-state index contributed by atoms with van der Waals surface area (Å²) in [5.41, 5.74) is 0. The van der Waals surface area contributed by atoms with Gasteiger partial charge in [0.05, 0.1) is 6.20 Å². The molecule has 104 valence electrons. The lowest BCUT2D eigenvalue weighted by Crippen LogP contribution is -2.40. The molecule has 0 saturated heterocycles. The molecule has 0 atom stereocenters. The quantitative estimate of drug-likeness (QED) is 0.822. The Morgan fingerprint density at radius 3 is 2.50 bits per heavy atom. The second-order valence-electron chi connectivity index (χ2n) is 3.48. The van der Waals surface area contributed by atoms with Crippen molar-refractivity contribution in [2.45, 2.75) is 18.1 Å². The van der Waals surface area contributed by atoms with E-state index in [0.29, 0.717) is 10.1 Å². The Kier molecular flexibility index (Phi) is 4.78. The molecule has 0 radical (unpaired) electrons. The van der Waals surface area contributed by atoms with E-state index in [1.54, 1.807) is 0 Å². The number of hydrogen-bond acceptors (Lipinski definition) is 3. The first kappa shape index (κ1) is 15.4. The zero-order valence-corrected chi connectivity index (χ0v) is 11.7. The maximum absolute atomic E-state index is 12.3. The molecule has 10 heteroatoms. The fraction of sp³-hybridized carbons (Fsp3) is 0.625. The van der Waals surface area contributed by atoms with E-state index in [1.807, 2.05) is 0 Å². The van der Waals surface area contributed by atoms with Crippen LogP contribution in [0.25, 0.3) is 0 Å². The van der Waals surface area contributed by atoms with E-state index in [-0.39, 0.29) is 16.9 Å². The molecule has 0 saturated carbocycles. The Bertz CT molecular complexity index is 500. The van der Waals surface area contributed by atoms with Crippen molar-refractivity contribution in [3.63, 3.8) is 0 Å². The number of imidazole rings is 1. The zero-order valence-electron chi connectivity index (χ0n) is 9.33. The lowest BCUT2D eigenvalue weighted by molar-refractivity contribution is -0.135. The van der Waals surface area contributed by atoms with Crippen LogP contribution in [0.1, 0.15) is 5.82 Å². The smallest absolute Gasteiger partial charge is 0.332 e. The Labute approximate surface area is 111 Å². The summed E-state index contributed by atoms with van der Waals surface area (Å²) in [6, 6.07) is 0. The summed E-state index contributed by atoms with van der Waals surface area (Å²) in [6.07, 6.45) is -3.59. The van der Waals surface area contributed by atoms with Gasteiger partial charge in [-0.15, -0.1) is 0 Å². The van der Waals surface area contributed by atoms with E-state index in [4.69, 9.17) is 0 Å². The third kappa shape index (κ3) is 3.95. The maximum Gasteiger partial charge on any atom is 0.402 e. The van der Waals surface area contributed by atoms with Crippen LogP contribution in [0, 0.1) is 6.92 Å². The van der Waals surface area contributed by atoms with E-state index in [1.165, 1.54) is 6.92 Å². The summed E-state index contributed by atoms with van der Waals surface area (Å²) in [7, 11) is -4.21. The molecule has 0 fully saturated rings. The molecule has 0 unspecified atom stereocenters. The van der Waals surface area contributed by atoms with Gasteiger partial charge in [0.25, 0.3) is 10.0 Å². The van der Waals surface area contributed by atoms with Gasteiger partial charge in [0, 0.05) is 11.9 Å². The molecule has 5 nitrogen and oxygen atoms in total. The second kappa shape index (κ2) is 5.57. The first-order valence-electron chi connectivity index (χ1n) is 4.81. The number of hydrogen-bond donors (Lipinski definition) is 1. The van der Waals surface area contributed by atoms with Gasteiger partial charge in [-0.3, -0.25) is 0 Å². The highest BCUT2D eigenvalue weighted by Gasteiger charge is 2.37. The molecule has 0 aromatic carbocycles. The van der Waals surface area contributed by atoms with Crippen LogP contribution in [0.3, 0.4) is 0 Å². The lowest BCUT2D eigenvalue weighted by Gasteiger charge is -2.21. The number of H-pyrrole nitrogens is 1. The molecule has 0 spiro atoms. The van der Waals surface area contributed by atoms with E-state index < -0.39 is 22.7 Å². The number of rotatable bonds is 5. The van der Waals surface area contributed by atoms with Gasteiger partial charge < -0.3 is 4.98 Å². The molecular weight excluding hydrogens is 339 g/mol. The van der Waals surface area contributed by atoms with Crippen molar-refractivity contribution in [1.29, 1.82) is 0 Å². The Morgan fingerprint density at radius 2 is 2.11 bits per heavy atom. The van der Waals surface area contributed by atoms with Crippen molar-refractivity contribution >= 4 is 26.0 Å². The number of aromatic nitrogens is 2. The number of alkyl halides is 4. The van der Waals surface area contributed by atoms with Crippen LogP contribution in [0.5, 0.6) is 0 Å². The largest absolute Gasteiger partial charge is 0.402 e. The zero-order chi connectivity index (χ0) is 14.0. The summed E-state index contributed by atoms with van der Waals surface area (Å²) in [4.78, 5) is 6.09. The molecular formula is C8H11BrF3N3O2S. The van der Waals surface area contributed by atoms with Gasteiger partial charge in [0.1, 0.15) is 12.4 Å². The fourth-order valence-corrected chi connectivity index (χ4v) is 3.30. The van der Waals surface area contributed by atoms with Gasteiger partial charge in [0.2, 0.25) is 0 Å². The average molecular weight is 350 g/mol. The summed E-state index contributed by atoms with van der Waals surface area (Å²) in [5.74, 6) is 0.319. The average Bonchev–Trinajstić information content (AvgIpc) is 2.63. The highest BCUT2D eigenvalue weighted by atomic mass is 79.9. The monoisotopic (exact) mass is 349 g/mol. The molecule has 0 aliphatic heterocycles. The van der Waals surface area contributed by atoms with E-state index in [2.05, 4.69) is 25.9 Å². The lowest BCUT2D eigenvalue weighted by atomic mass is 10.6. The minimum atomic E-state index is -4.59. The Balaban J connectivity index is 3.04. The predicted molar refractivity (Wildman–Crippen MR) is 61.9 cm³/mol. The van der Waals surface area contributed by atoms with Crippen molar-refractivity contribution in [3.8, 4) is 0 Å². The number of aromatic amines is 1. The Hall–Kier alpha value is -0.610. The first-order valence-corrected chi connectivity index (χ1v) is 7.37. The van der Waals surface area contributed by atoms with Crippen LogP contribution in [0.4, 0.5) is 13.2 Å². The Morgan fingerprint density at radius 1 is 1.50 bits per heavy atom. The van der Waals surface area contributed by atoms with Crippen LogP contribution >= 0.6 is 15.9 Å². The maximum atomic E-state index is 12.3. The highest BCUT2D eigenvalue weighted by molar-refractivity contribution is 9.09. The summed E-state index contributed by atoms with van der Waals surface area (Å²) >= 11 is 2.93. The molecule has 1 aromatic rings. The van der Waals surface area contributed by atoms with Gasteiger partial charge in [0.15, 0.2) is 5.03 Å². The number of aryl methyl sites for hydroxylation is 1. The van der Waals surface area contributed by atoms with Gasteiger partial charge in [-0.05, 0) is 6.92 Å². The number of nitrogens with one attached hydrogen (secondary N) is 1. The SMILES string of the molecule is Cc1ncc(S(=O)(=O)N(CCBr)CC(F)(F)F)[nH]1. The summed E-state index contributed by atoms with van der Waals surface area (Å²) in [6.45, 7) is -0.295. The van der Waals surface area contributed by atoms with Gasteiger partial charge in [-0.2, -0.15) is 17.5 Å². The van der Waals surface area contributed by atoms with Crippen LogP contribution < -0.4 is 0 Å². The molecule has 0 aliphatic carbocycles. The molecule has 0 amide bonds. The van der Waals surface area contributed by atoms with Crippen molar-refractivity contribution in [2.75, 3.05) is 18.4 Å². The molecule has 0 aliphatic rings. The van der Waals surface area contributed by atoms with Gasteiger partial charge in [-0.25, -0.2) is 13.4 Å². The molecule has 1 N–H and O–H groups in total. The van der Waals surface area contributed by atoms with Crippen molar-refractivity contribution in [2.24, 2.45) is 0 Å². The normalized spacial score (nSPS) is 13.2. The minimum absolute atomic E-state index is 0.107. The number of nitrogens with zero attached hydrogens (tertiary/aromatic N) is 2. The minimum Gasteiger partial charge on any atom is -0.332 e. The third-order valence-electron chi connectivity index (χ3n) is 1.99. The van der Waals surface area contributed by atoms with Crippen LogP contribution in [0.2, 0.25) is 0 Å². The van der Waals surface area contributed by atoms with Crippen molar-refractivity contribution < 1.29 is 21.6 Å². The molecule has 18 heavy (non-hydrogen) atoms. The highest BCUT2D eigenvalue weighted by Crippen LogP contribution is 2.21.